The number of phenolic OH excluding ortho intramolecular Hbond substituents is 1. The van der Waals surface area contributed by atoms with Gasteiger partial charge in [0, 0.05) is 35.8 Å². The minimum atomic E-state index is -1.59. The van der Waals surface area contributed by atoms with Gasteiger partial charge in [0.05, 0.1) is 12.6 Å². The van der Waals surface area contributed by atoms with Gasteiger partial charge < -0.3 is 52.3 Å². The third-order valence-corrected chi connectivity index (χ3v) is 11.3. The van der Waals surface area contributed by atoms with Gasteiger partial charge in [0.25, 0.3) is 0 Å². The van der Waals surface area contributed by atoms with Crippen molar-refractivity contribution in [3.05, 3.63) is 29.8 Å². The second-order valence-electron chi connectivity index (χ2n) is 15.6. The summed E-state index contributed by atoms with van der Waals surface area (Å²) in [5.41, 5.74) is 0.503. The van der Waals surface area contributed by atoms with Crippen LogP contribution < -0.4 is 37.2 Å². The highest BCUT2D eigenvalue weighted by atomic mass is 32.2. The molecular formula is C39H60N8O11S. The molecule has 10 atom stereocenters. The largest absolute Gasteiger partial charge is 0.508 e. The van der Waals surface area contributed by atoms with Crippen molar-refractivity contribution in [2.75, 3.05) is 25.1 Å². The van der Waals surface area contributed by atoms with Crippen molar-refractivity contribution in [1.82, 2.24) is 42.1 Å². The number of phenols is 1. The predicted molar refractivity (Wildman–Crippen MR) is 216 cm³/mol. The summed E-state index contributed by atoms with van der Waals surface area (Å²) in [7, 11) is -1.39. The number of carbonyl (C=O) groups is 8. The van der Waals surface area contributed by atoms with Crippen LogP contribution in [0.2, 0.25) is 0 Å². The molecule has 1 aromatic carbocycles. The Morgan fingerprint density at radius 1 is 0.763 bits per heavy atom. The number of rotatable bonds is 9. The summed E-state index contributed by atoms with van der Waals surface area (Å²) in [6, 6.07) is -3.04. The number of aliphatic hydroxyl groups is 1. The monoisotopic (exact) mass is 848 g/mol. The third-order valence-electron chi connectivity index (χ3n) is 10.5. The lowest BCUT2D eigenvalue weighted by Crippen LogP contribution is -2.62. The van der Waals surface area contributed by atoms with Gasteiger partial charge in [-0.3, -0.25) is 42.6 Å². The van der Waals surface area contributed by atoms with Crippen LogP contribution in [0.4, 0.5) is 0 Å². The highest BCUT2D eigenvalue weighted by Crippen LogP contribution is 2.22. The molecule has 59 heavy (non-hydrogen) atoms. The lowest BCUT2D eigenvalue weighted by molar-refractivity contribution is -0.143. The van der Waals surface area contributed by atoms with E-state index in [1.165, 1.54) is 49.3 Å². The lowest BCUT2D eigenvalue weighted by atomic mass is 9.96. The number of nitrogens with zero attached hydrogens (tertiary/aromatic N) is 1. The second-order valence-corrected chi connectivity index (χ2v) is 17.1. The van der Waals surface area contributed by atoms with Crippen molar-refractivity contribution in [3.63, 3.8) is 0 Å². The van der Waals surface area contributed by atoms with Crippen molar-refractivity contribution >= 4 is 58.1 Å². The lowest BCUT2D eigenvalue weighted by Gasteiger charge is -2.33. The van der Waals surface area contributed by atoms with Crippen LogP contribution in [0.3, 0.4) is 0 Å². The van der Waals surface area contributed by atoms with E-state index in [-0.39, 0.29) is 37.3 Å². The molecular weight excluding hydrogens is 789 g/mol. The number of hydrogen-bond acceptors (Lipinski definition) is 11. The molecule has 0 aromatic heterocycles. The van der Waals surface area contributed by atoms with Crippen LogP contribution in [-0.2, 0) is 55.6 Å². The van der Waals surface area contributed by atoms with Crippen molar-refractivity contribution in [2.24, 2.45) is 11.8 Å². The van der Waals surface area contributed by atoms with Crippen LogP contribution in [0.25, 0.3) is 0 Å². The molecule has 8 amide bonds. The first-order valence-corrected chi connectivity index (χ1v) is 21.6. The number of amides is 8. The Kier molecular flexibility index (Phi) is 18.3. The molecule has 2 fully saturated rings. The maximum atomic E-state index is 14.2. The fourth-order valence-corrected chi connectivity index (χ4v) is 7.25. The molecule has 0 spiro atoms. The van der Waals surface area contributed by atoms with Gasteiger partial charge in [-0.1, -0.05) is 46.2 Å². The van der Waals surface area contributed by atoms with E-state index in [2.05, 4.69) is 37.2 Å². The molecule has 2 saturated heterocycles. The standard InChI is InChI=1S/C39H60N8O11S/c1-8-21(4)31-39(57)47-16-9-10-28(47)36(54)42-26(15-17-59(7)58)35(53)43-27(18-24-11-13-25(49)14-12-24)34(52)40-19-29(50)44-32(23(6)48)38(56)45-30(20(2)3)37(55)41-22(5)33(51)46-31/h11-14,20-23,26-28,30-32,48-49H,8-10,15-19H2,1-7H3,(H,40,52)(H,41,55)(H,42,54)(H,43,53)(H,44,50)(H,45,56)(H,46,51)/t21-,22-,23+,26-,27-,28-,30-,31-,32-,59+/m0/s1. The first-order chi connectivity index (χ1) is 27.7. The molecule has 328 valence electrons. The van der Waals surface area contributed by atoms with Gasteiger partial charge in [0.2, 0.25) is 47.3 Å². The van der Waals surface area contributed by atoms with Gasteiger partial charge in [-0.15, -0.1) is 0 Å². The molecule has 0 unspecified atom stereocenters. The van der Waals surface area contributed by atoms with E-state index < -0.39 is 125 Å². The summed E-state index contributed by atoms with van der Waals surface area (Å²) in [4.78, 5) is 111. The van der Waals surface area contributed by atoms with Crippen LogP contribution in [0.5, 0.6) is 5.75 Å². The number of hydrogen-bond donors (Lipinski definition) is 9. The maximum absolute atomic E-state index is 14.2. The molecule has 2 aliphatic heterocycles. The summed E-state index contributed by atoms with van der Waals surface area (Å²) in [5, 5.41) is 38.2. The Balaban J connectivity index is 2.06. The van der Waals surface area contributed by atoms with E-state index in [9.17, 15) is 52.8 Å². The zero-order valence-electron chi connectivity index (χ0n) is 34.7. The zero-order chi connectivity index (χ0) is 44.1. The molecule has 1 aromatic rings. The summed E-state index contributed by atoms with van der Waals surface area (Å²) in [6.07, 6.45) is 0.855. The maximum Gasteiger partial charge on any atom is 0.246 e. The van der Waals surface area contributed by atoms with E-state index in [4.69, 9.17) is 0 Å². The van der Waals surface area contributed by atoms with Crippen molar-refractivity contribution in [2.45, 2.75) is 122 Å². The van der Waals surface area contributed by atoms with Crippen molar-refractivity contribution in [1.29, 1.82) is 0 Å². The molecule has 0 saturated carbocycles. The average molecular weight is 849 g/mol. The van der Waals surface area contributed by atoms with Crippen molar-refractivity contribution in [3.8, 4) is 5.75 Å². The Hall–Kier alpha value is -5.11. The summed E-state index contributed by atoms with van der Waals surface area (Å²) in [5.74, 6) is -7.16. The third kappa shape index (κ3) is 14.0. The van der Waals surface area contributed by atoms with Gasteiger partial charge in [-0.25, -0.2) is 0 Å². The minimum Gasteiger partial charge on any atom is -0.508 e. The van der Waals surface area contributed by atoms with Gasteiger partial charge >= 0.3 is 0 Å². The topological polar surface area (TPSA) is 282 Å². The fourth-order valence-electron chi connectivity index (χ4n) is 6.68. The highest BCUT2D eigenvalue weighted by Gasteiger charge is 2.41. The van der Waals surface area contributed by atoms with Gasteiger partial charge in [0.1, 0.15) is 48.0 Å². The number of benzene rings is 1. The number of fused-ring (bicyclic) bond motifs is 1. The van der Waals surface area contributed by atoms with Gasteiger partial charge in [-0.2, -0.15) is 0 Å². The van der Waals surface area contributed by atoms with E-state index in [0.29, 0.717) is 18.4 Å². The Morgan fingerprint density at radius 2 is 1.37 bits per heavy atom. The summed E-state index contributed by atoms with van der Waals surface area (Å²) in [6.45, 7) is 8.95. The average Bonchev–Trinajstić information content (AvgIpc) is 3.68. The molecule has 0 radical (unpaired) electrons. The minimum absolute atomic E-state index is 0.00649. The molecule has 3 rings (SSSR count). The van der Waals surface area contributed by atoms with Crippen LogP contribution in [0.15, 0.2) is 24.3 Å². The number of aliphatic hydroxyl groups excluding tert-OH is 1. The van der Waals surface area contributed by atoms with Crippen molar-refractivity contribution < 1.29 is 52.8 Å². The SMILES string of the molecule is CC[C@H](C)[C@@H]1NC(=O)[C@H](C)NC(=O)[C@H](C(C)C)NC(=O)[C@H]([C@@H](C)O)NC(=O)CNC(=O)[C@H](Cc2ccc(O)cc2)NC(=O)[C@H](CC[S@@](C)=O)NC(=O)[C@@H]2CCCN2C1=O. The molecule has 19 nitrogen and oxygen atoms in total. The Bertz CT molecular complexity index is 1730. The number of nitrogens with one attached hydrogen (secondary N) is 7. The quantitative estimate of drug-likeness (QED) is 0.129. The summed E-state index contributed by atoms with van der Waals surface area (Å²) < 4.78 is 12.2. The first-order valence-electron chi connectivity index (χ1n) is 19.9. The molecule has 0 aliphatic carbocycles. The smallest absolute Gasteiger partial charge is 0.246 e. The van der Waals surface area contributed by atoms with Crippen LogP contribution in [0.1, 0.15) is 72.8 Å². The second kappa shape index (κ2) is 22.3. The normalized spacial score (nSPS) is 27.7. The first kappa shape index (κ1) is 48.3. The molecule has 0 bridgehead atoms. The van der Waals surface area contributed by atoms with E-state index in [0.717, 1.165) is 0 Å². The Morgan fingerprint density at radius 3 is 1.97 bits per heavy atom. The molecule has 2 heterocycles. The van der Waals surface area contributed by atoms with Crippen LogP contribution in [-0.4, -0.2) is 140 Å². The molecule has 20 heteroatoms. The Labute approximate surface area is 346 Å². The van der Waals surface area contributed by atoms with Crippen LogP contribution in [0, 0.1) is 11.8 Å². The fraction of sp³-hybridized carbons (Fsp3) is 0.641. The summed E-state index contributed by atoms with van der Waals surface area (Å²) >= 11 is 0. The number of aromatic hydroxyl groups is 1. The van der Waals surface area contributed by atoms with Gasteiger partial charge in [0.15, 0.2) is 0 Å². The number of carbonyl (C=O) groups excluding carboxylic acids is 8. The van der Waals surface area contributed by atoms with Crippen LogP contribution >= 0.6 is 0 Å². The van der Waals surface area contributed by atoms with E-state index >= 15 is 0 Å². The highest BCUT2D eigenvalue weighted by molar-refractivity contribution is 7.84. The molecule has 2 aliphatic rings. The molecule has 9 N–H and O–H groups in total. The van der Waals surface area contributed by atoms with Gasteiger partial charge in [-0.05, 0) is 62.6 Å². The van der Waals surface area contributed by atoms with E-state index in [1.807, 2.05) is 6.92 Å². The van der Waals surface area contributed by atoms with E-state index in [1.54, 1.807) is 20.8 Å². The predicted octanol–water partition coefficient (Wildman–Crippen LogP) is -2.16. The zero-order valence-corrected chi connectivity index (χ0v) is 35.5.